The second-order valence-electron chi connectivity index (χ2n) is 4.94. The van der Waals surface area contributed by atoms with Crippen molar-refractivity contribution in [2.24, 2.45) is 0 Å². The van der Waals surface area contributed by atoms with Gasteiger partial charge in [0.05, 0.1) is 6.61 Å². The van der Waals surface area contributed by atoms with E-state index in [0.29, 0.717) is 36.8 Å². The van der Waals surface area contributed by atoms with Crippen LogP contribution in [0.25, 0.3) is 0 Å². The number of hydrogen-bond donors (Lipinski definition) is 1. The van der Waals surface area contributed by atoms with Crippen LogP contribution < -0.4 is 9.47 Å². The summed E-state index contributed by atoms with van der Waals surface area (Å²) in [5.74, 6) is 1.31. The molecule has 0 atom stereocenters. The van der Waals surface area contributed by atoms with Crippen LogP contribution in [0.3, 0.4) is 0 Å². The van der Waals surface area contributed by atoms with Crippen LogP contribution in [0.5, 0.6) is 17.2 Å². The first-order valence-electron chi connectivity index (χ1n) is 7.15. The fourth-order valence-electron chi connectivity index (χ4n) is 1.86. The Hall–Kier alpha value is -2.76. The molecule has 1 N–H and O–H groups in total. The molecule has 0 aliphatic carbocycles. The molecule has 2 rings (SSSR count). The van der Waals surface area contributed by atoms with Crippen molar-refractivity contribution >= 4 is 6.09 Å². The highest BCUT2D eigenvalue weighted by atomic mass is 19.1. The Kier molecular flexibility index (Phi) is 5.80. The monoisotopic (exact) mass is 319 g/mol. The van der Waals surface area contributed by atoms with Gasteiger partial charge in [0.1, 0.15) is 23.1 Å². The van der Waals surface area contributed by atoms with Gasteiger partial charge >= 0.3 is 6.09 Å². The zero-order valence-electron chi connectivity index (χ0n) is 12.7. The van der Waals surface area contributed by atoms with E-state index < -0.39 is 6.09 Å². The van der Waals surface area contributed by atoms with Gasteiger partial charge in [0.15, 0.2) is 0 Å². The third kappa shape index (κ3) is 5.50. The predicted molar refractivity (Wildman–Crippen MR) is 83.7 cm³/mol. The largest absolute Gasteiger partial charge is 0.494 e. The minimum atomic E-state index is -0.955. The molecule has 0 saturated heterocycles. The molecule has 0 aliphatic heterocycles. The summed E-state index contributed by atoms with van der Waals surface area (Å²) in [5.41, 5.74) is 0. The Labute approximate surface area is 133 Å². The van der Waals surface area contributed by atoms with E-state index >= 15 is 0 Å². The molecule has 2 aromatic carbocycles. The van der Waals surface area contributed by atoms with Gasteiger partial charge in [0.2, 0.25) is 0 Å². The van der Waals surface area contributed by atoms with Gasteiger partial charge in [-0.05, 0) is 42.8 Å². The molecule has 5 nitrogen and oxygen atoms in total. The summed E-state index contributed by atoms with van der Waals surface area (Å²) in [7, 11) is 1.51. The van der Waals surface area contributed by atoms with Crippen molar-refractivity contribution in [3.63, 3.8) is 0 Å². The van der Waals surface area contributed by atoms with Crippen LogP contribution in [0.1, 0.15) is 6.42 Å². The summed E-state index contributed by atoms with van der Waals surface area (Å²) in [6, 6.07) is 12.9. The number of carboxylic acid groups (broad SMARTS) is 1. The Morgan fingerprint density at radius 1 is 1.13 bits per heavy atom. The number of halogens is 1. The highest BCUT2D eigenvalue weighted by Crippen LogP contribution is 2.24. The third-order valence-electron chi connectivity index (χ3n) is 3.09. The standard InChI is InChI=1S/C17H18FNO4/c1-19(17(20)21)10-3-11-22-14-6-8-15(9-7-14)23-16-5-2-4-13(18)12-16/h2,4-9,12H,3,10-11H2,1H3,(H,20,21). The Morgan fingerprint density at radius 2 is 1.83 bits per heavy atom. The molecular formula is C17H18FNO4. The average Bonchev–Trinajstić information content (AvgIpc) is 2.53. The van der Waals surface area contributed by atoms with Crippen molar-refractivity contribution in [2.75, 3.05) is 20.2 Å². The topological polar surface area (TPSA) is 59.0 Å². The van der Waals surface area contributed by atoms with Gasteiger partial charge in [-0.1, -0.05) is 6.07 Å². The number of hydrogen-bond acceptors (Lipinski definition) is 3. The molecule has 122 valence electrons. The fourth-order valence-corrected chi connectivity index (χ4v) is 1.86. The molecule has 0 unspecified atom stereocenters. The van der Waals surface area contributed by atoms with Crippen LogP contribution >= 0.6 is 0 Å². The summed E-state index contributed by atoms with van der Waals surface area (Å²) in [4.78, 5) is 11.8. The second kappa shape index (κ2) is 8.03. The number of amides is 1. The van der Waals surface area contributed by atoms with Gasteiger partial charge in [-0.15, -0.1) is 0 Å². The second-order valence-corrected chi connectivity index (χ2v) is 4.94. The Morgan fingerprint density at radius 3 is 2.48 bits per heavy atom. The molecule has 6 heteroatoms. The lowest BCUT2D eigenvalue weighted by Crippen LogP contribution is -2.26. The molecule has 2 aromatic rings. The van der Waals surface area contributed by atoms with Crippen LogP contribution in [0.15, 0.2) is 48.5 Å². The molecule has 0 bridgehead atoms. The maximum absolute atomic E-state index is 13.1. The fraction of sp³-hybridized carbons (Fsp3) is 0.235. The summed E-state index contributed by atoms with van der Waals surface area (Å²) in [5, 5.41) is 8.71. The van der Waals surface area contributed by atoms with Crippen molar-refractivity contribution in [2.45, 2.75) is 6.42 Å². The van der Waals surface area contributed by atoms with Crippen LogP contribution in [-0.4, -0.2) is 36.3 Å². The SMILES string of the molecule is CN(CCCOc1ccc(Oc2cccc(F)c2)cc1)C(=O)O. The van der Waals surface area contributed by atoms with Gasteiger partial charge < -0.3 is 19.5 Å². The van der Waals surface area contributed by atoms with Crippen LogP contribution in [-0.2, 0) is 0 Å². The van der Waals surface area contributed by atoms with Crippen molar-refractivity contribution < 1.29 is 23.8 Å². The first kappa shape index (κ1) is 16.6. The molecule has 0 aliphatic rings. The van der Waals surface area contributed by atoms with Gasteiger partial charge in [0.25, 0.3) is 0 Å². The van der Waals surface area contributed by atoms with Crippen molar-refractivity contribution in [1.29, 1.82) is 0 Å². The van der Waals surface area contributed by atoms with Gasteiger partial charge in [-0.2, -0.15) is 0 Å². The van der Waals surface area contributed by atoms with E-state index in [2.05, 4.69) is 0 Å². The van der Waals surface area contributed by atoms with Crippen LogP contribution in [0.2, 0.25) is 0 Å². The molecule has 0 spiro atoms. The van der Waals surface area contributed by atoms with E-state index in [-0.39, 0.29) is 5.82 Å². The van der Waals surface area contributed by atoms with Crippen molar-refractivity contribution in [1.82, 2.24) is 4.90 Å². The summed E-state index contributed by atoms with van der Waals surface area (Å²) in [6.45, 7) is 0.831. The molecular weight excluding hydrogens is 301 g/mol. The van der Waals surface area contributed by atoms with Gasteiger partial charge in [-0.3, -0.25) is 0 Å². The van der Waals surface area contributed by atoms with Crippen molar-refractivity contribution in [3.05, 3.63) is 54.3 Å². The smallest absolute Gasteiger partial charge is 0.407 e. The first-order chi connectivity index (χ1) is 11.0. The lowest BCUT2D eigenvalue weighted by Gasteiger charge is -2.13. The normalized spacial score (nSPS) is 10.2. The molecule has 0 saturated carbocycles. The predicted octanol–water partition coefficient (Wildman–Crippen LogP) is 4.00. The van der Waals surface area contributed by atoms with Gasteiger partial charge in [0, 0.05) is 19.7 Å². The summed E-state index contributed by atoms with van der Waals surface area (Å²) < 4.78 is 24.1. The minimum Gasteiger partial charge on any atom is -0.494 e. The van der Waals surface area contributed by atoms with E-state index in [1.165, 1.54) is 24.1 Å². The maximum Gasteiger partial charge on any atom is 0.407 e. The van der Waals surface area contributed by atoms with E-state index in [1.807, 2.05) is 0 Å². The zero-order valence-corrected chi connectivity index (χ0v) is 12.7. The van der Waals surface area contributed by atoms with E-state index in [1.54, 1.807) is 36.4 Å². The van der Waals surface area contributed by atoms with Crippen LogP contribution in [0, 0.1) is 5.82 Å². The molecule has 1 amide bonds. The molecule has 0 aromatic heterocycles. The molecule has 0 fully saturated rings. The summed E-state index contributed by atoms with van der Waals surface area (Å²) >= 11 is 0. The summed E-state index contributed by atoms with van der Waals surface area (Å²) in [6.07, 6.45) is -0.353. The average molecular weight is 319 g/mol. The van der Waals surface area contributed by atoms with Crippen LogP contribution in [0.4, 0.5) is 9.18 Å². The number of rotatable bonds is 7. The lowest BCUT2D eigenvalue weighted by atomic mass is 10.3. The number of nitrogens with zero attached hydrogens (tertiary/aromatic N) is 1. The van der Waals surface area contributed by atoms with E-state index in [4.69, 9.17) is 14.6 Å². The molecule has 0 heterocycles. The van der Waals surface area contributed by atoms with E-state index in [0.717, 1.165) is 0 Å². The van der Waals surface area contributed by atoms with Gasteiger partial charge in [-0.25, -0.2) is 9.18 Å². The third-order valence-corrected chi connectivity index (χ3v) is 3.09. The Bertz CT molecular complexity index is 645. The first-order valence-corrected chi connectivity index (χ1v) is 7.15. The number of ether oxygens (including phenoxy) is 2. The maximum atomic E-state index is 13.1. The molecule has 0 radical (unpaired) electrons. The number of carbonyl (C=O) groups is 1. The quantitative estimate of drug-likeness (QED) is 0.784. The molecule has 23 heavy (non-hydrogen) atoms. The van der Waals surface area contributed by atoms with E-state index in [9.17, 15) is 9.18 Å². The van der Waals surface area contributed by atoms with Crippen molar-refractivity contribution in [3.8, 4) is 17.2 Å². The number of benzene rings is 2. The highest BCUT2D eigenvalue weighted by molar-refractivity contribution is 5.64. The zero-order chi connectivity index (χ0) is 16.7. The minimum absolute atomic E-state index is 0.353. The lowest BCUT2D eigenvalue weighted by molar-refractivity contribution is 0.152. The Balaban J connectivity index is 1.79. The highest BCUT2D eigenvalue weighted by Gasteiger charge is 2.04.